The van der Waals surface area contributed by atoms with Gasteiger partial charge in [-0.15, -0.1) is 0 Å². The second-order valence-corrected chi connectivity index (χ2v) is 27.1. The average Bonchev–Trinajstić information content (AvgIpc) is 0.784. The van der Waals surface area contributed by atoms with E-state index >= 15 is 0 Å². The molecule has 0 bridgehead atoms. The van der Waals surface area contributed by atoms with Crippen molar-refractivity contribution < 1.29 is 89.4 Å². The van der Waals surface area contributed by atoms with Gasteiger partial charge in [0.1, 0.15) is 73.2 Å². The Bertz CT molecular complexity index is 2280. The molecule has 1 amide bonds. The lowest BCUT2D eigenvalue weighted by molar-refractivity contribution is -0.379. The minimum atomic E-state index is -1.98. The maximum Gasteiger partial charge on any atom is 0.220 e. The van der Waals surface area contributed by atoms with E-state index in [0.717, 1.165) is 128 Å². The number of aliphatic hydroxyl groups excluding tert-OH is 11. The number of amides is 1. The summed E-state index contributed by atoms with van der Waals surface area (Å²) < 4.78 is 34.4. The van der Waals surface area contributed by atoms with Crippen molar-refractivity contribution in [3.63, 3.8) is 0 Å². The van der Waals surface area contributed by atoms with Crippen LogP contribution < -0.4 is 5.32 Å². The van der Waals surface area contributed by atoms with Gasteiger partial charge in [0, 0.05) is 6.42 Å². The Morgan fingerprint density at radius 2 is 0.690 bits per heavy atom. The number of hydrogen-bond acceptors (Lipinski definition) is 18. The summed E-state index contributed by atoms with van der Waals surface area (Å²) in [5.74, 6) is -0.255. The van der Waals surface area contributed by atoms with Crippen molar-refractivity contribution in [3.8, 4) is 0 Å². The van der Waals surface area contributed by atoms with E-state index in [1.807, 2.05) is 0 Å². The lowest BCUT2D eigenvalue weighted by Crippen LogP contribution is -2.66. The van der Waals surface area contributed by atoms with Crippen molar-refractivity contribution in [3.05, 3.63) is 122 Å². The van der Waals surface area contributed by atoms with Crippen molar-refractivity contribution in [2.75, 3.05) is 26.4 Å². The molecular formula is C81H137NO18. The minimum absolute atomic E-state index is 0.249. The van der Waals surface area contributed by atoms with Gasteiger partial charge in [-0.1, -0.05) is 277 Å². The zero-order chi connectivity index (χ0) is 72.5. The summed E-state index contributed by atoms with van der Waals surface area (Å²) in [6.45, 7) is 1.68. The van der Waals surface area contributed by atoms with Crippen LogP contribution in [0.3, 0.4) is 0 Å². The van der Waals surface area contributed by atoms with Gasteiger partial charge in [0.2, 0.25) is 5.91 Å². The number of unbranched alkanes of at least 4 members (excludes halogenated alkanes) is 23. The molecule has 0 aromatic heterocycles. The summed E-state index contributed by atoms with van der Waals surface area (Å²) in [5.41, 5.74) is 0. The monoisotopic (exact) mass is 1410 g/mol. The van der Waals surface area contributed by atoms with Gasteiger partial charge in [-0.3, -0.25) is 4.79 Å². The molecule has 0 aromatic rings. The highest BCUT2D eigenvalue weighted by Gasteiger charge is 2.54. The van der Waals surface area contributed by atoms with Gasteiger partial charge in [0.05, 0.1) is 38.6 Å². The minimum Gasteiger partial charge on any atom is -0.394 e. The van der Waals surface area contributed by atoms with Crippen LogP contribution in [-0.2, 0) is 33.2 Å². The zero-order valence-electron chi connectivity index (χ0n) is 61.1. The standard InChI is InChI=1S/C81H137NO18/c1-3-5-7-9-11-13-15-17-19-21-22-23-24-25-26-27-28-29-30-31-32-33-34-35-36-37-38-39-40-41-42-43-45-47-49-51-53-55-57-59-69(87)82-64(65(86)58-56-54-52-50-48-46-44-20-18-16-14-12-10-8-6-4-2)63-95-79-75(93)72(90)77(67(61-84)97-79)100-81-76(94)73(91)78(68(62-85)98-81)99-80-74(92)71(89)70(88)66(60-83)96-80/h5,7,11,13,17,19,22-23,25-26,28-29,31-32,34-35,37-38,40-41,64-68,70-81,83-86,88-94H,3-4,6,8-10,12,14-16,18,20-21,24,27,30,33,36,39,42-63H2,1-2H3,(H,82,87)/b7-5-,13-11-,19-17-,23-22-,26-25-,29-28-,32-31-,35-34-,38-37-,41-40-. The van der Waals surface area contributed by atoms with Crippen molar-refractivity contribution in [1.82, 2.24) is 5.32 Å². The zero-order valence-corrected chi connectivity index (χ0v) is 61.1. The van der Waals surface area contributed by atoms with Crippen LogP contribution in [-0.4, -0.2) is 193 Å². The van der Waals surface area contributed by atoms with Gasteiger partial charge in [-0.05, 0) is 89.9 Å². The lowest BCUT2D eigenvalue weighted by Gasteiger charge is -2.48. The summed E-state index contributed by atoms with van der Waals surface area (Å²) in [6.07, 6.45) is 57.0. The molecule has 0 aromatic carbocycles. The molecule has 574 valence electrons. The lowest BCUT2D eigenvalue weighted by atomic mass is 9.96. The highest BCUT2D eigenvalue weighted by Crippen LogP contribution is 2.33. The fourth-order valence-corrected chi connectivity index (χ4v) is 12.3. The van der Waals surface area contributed by atoms with Gasteiger partial charge < -0.3 is 89.9 Å². The highest BCUT2D eigenvalue weighted by molar-refractivity contribution is 5.76. The van der Waals surface area contributed by atoms with Crippen LogP contribution in [0.25, 0.3) is 0 Å². The summed E-state index contributed by atoms with van der Waals surface area (Å²) in [6, 6.07) is -0.900. The first-order valence-electron chi connectivity index (χ1n) is 38.8. The second-order valence-electron chi connectivity index (χ2n) is 27.1. The first kappa shape index (κ1) is 90.4. The predicted molar refractivity (Wildman–Crippen MR) is 397 cm³/mol. The number of rotatable bonds is 59. The molecule has 0 radical (unpaired) electrons. The largest absolute Gasteiger partial charge is 0.394 e. The number of aliphatic hydroxyl groups is 11. The van der Waals surface area contributed by atoms with Crippen LogP contribution >= 0.6 is 0 Å². The Hall–Kier alpha value is -3.81. The molecule has 12 N–H and O–H groups in total. The van der Waals surface area contributed by atoms with Crippen molar-refractivity contribution in [2.45, 2.75) is 356 Å². The third-order valence-corrected chi connectivity index (χ3v) is 18.6. The van der Waals surface area contributed by atoms with Crippen LogP contribution in [0.5, 0.6) is 0 Å². The van der Waals surface area contributed by atoms with E-state index < -0.39 is 124 Å². The van der Waals surface area contributed by atoms with Crippen molar-refractivity contribution in [2.24, 2.45) is 0 Å². The molecule has 19 heteroatoms. The molecule has 3 aliphatic rings. The maximum absolute atomic E-state index is 13.5. The van der Waals surface area contributed by atoms with E-state index in [9.17, 15) is 61.0 Å². The van der Waals surface area contributed by atoms with Crippen molar-refractivity contribution in [1.29, 1.82) is 0 Å². The normalized spacial score (nSPS) is 27.1. The number of carbonyl (C=O) groups excluding carboxylic acids is 1. The number of carbonyl (C=O) groups is 1. The Balaban J connectivity index is 1.35. The molecular weight excluding hydrogens is 1270 g/mol. The smallest absolute Gasteiger partial charge is 0.220 e. The number of allylic oxidation sites excluding steroid dienone is 20. The Kier molecular flexibility index (Phi) is 54.7. The summed E-state index contributed by atoms with van der Waals surface area (Å²) >= 11 is 0. The van der Waals surface area contributed by atoms with Gasteiger partial charge in [-0.2, -0.15) is 0 Å². The molecule has 3 fully saturated rings. The predicted octanol–water partition coefficient (Wildman–Crippen LogP) is 12.3. The van der Waals surface area contributed by atoms with Gasteiger partial charge in [-0.25, -0.2) is 0 Å². The quantitative estimate of drug-likeness (QED) is 0.0199. The van der Waals surface area contributed by atoms with E-state index in [2.05, 4.69) is 141 Å². The van der Waals surface area contributed by atoms with E-state index in [0.29, 0.717) is 12.8 Å². The molecule has 3 aliphatic heterocycles. The third kappa shape index (κ3) is 40.5. The molecule has 17 unspecified atom stereocenters. The van der Waals surface area contributed by atoms with E-state index in [1.165, 1.54) is 89.9 Å². The van der Waals surface area contributed by atoms with Crippen molar-refractivity contribution >= 4 is 5.91 Å². The maximum atomic E-state index is 13.5. The van der Waals surface area contributed by atoms with Gasteiger partial charge in [0.15, 0.2) is 18.9 Å². The van der Waals surface area contributed by atoms with Gasteiger partial charge in [0.25, 0.3) is 0 Å². The van der Waals surface area contributed by atoms with E-state index in [-0.39, 0.29) is 18.9 Å². The Labute approximate surface area is 601 Å². The van der Waals surface area contributed by atoms with Crippen LogP contribution in [0.4, 0.5) is 0 Å². The third-order valence-electron chi connectivity index (χ3n) is 18.6. The Morgan fingerprint density at radius 3 is 1.08 bits per heavy atom. The fourth-order valence-electron chi connectivity index (χ4n) is 12.3. The van der Waals surface area contributed by atoms with Gasteiger partial charge >= 0.3 is 0 Å². The average molecular weight is 1410 g/mol. The number of ether oxygens (including phenoxy) is 6. The molecule has 3 saturated heterocycles. The topological polar surface area (TPSA) is 307 Å². The summed E-state index contributed by atoms with van der Waals surface area (Å²) in [7, 11) is 0. The van der Waals surface area contributed by atoms with Crippen LogP contribution in [0.15, 0.2) is 122 Å². The highest BCUT2D eigenvalue weighted by atomic mass is 16.8. The first-order valence-corrected chi connectivity index (χ1v) is 38.8. The van der Waals surface area contributed by atoms with Crippen LogP contribution in [0.1, 0.15) is 251 Å². The molecule has 0 aliphatic carbocycles. The van der Waals surface area contributed by atoms with Crippen LogP contribution in [0, 0.1) is 0 Å². The molecule has 17 atom stereocenters. The Morgan fingerprint density at radius 1 is 0.370 bits per heavy atom. The molecule has 0 saturated carbocycles. The second kappa shape index (κ2) is 60.5. The SMILES string of the molecule is CC/C=C\C/C=C\C/C=C\C/C=C\C/C=C\C/C=C\C/C=C\C/C=C\C/C=C\C/C=C\CCCCCCCCCCC(=O)NC(COC1OC(CO)C(OC2OC(CO)C(OC3OC(CO)C(O)C(O)C3O)C(O)C2O)C(O)C1O)C(O)CCCCCCCCCCCCCCCCCC. The molecule has 19 nitrogen and oxygen atoms in total. The first-order chi connectivity index (χ1) is 48.8. The molecule has 3 rings (SSSR count). The number of nitrogens with one attached hydrogen (secondary N) is 1. The fraction of sp³-hybridized carbons (Fsp3) is 0.741. The van der Waals surface area contributed by atoms with E-state index in [1.54, 1.807) is 0 Å². The summed E-state index contributed by atoms with van der Waals surface area (Å²) in [4.78, 5) is 13.5. The molecule has 3 heterocycles. The summed E-state index contributed by atoms with van der Waals surface area (Å²) in [5, 5.41) is 121. The molecule has 0 spiro atoms. The van der Waals surface area contributed by atoms with Crippen LogP contribution in [0.2, 0.25) is 0 Å². The molecule has 100 heavy (non-hydrogen) atoms. The number of hydrogen-bond donors (Lipinski definition) is 12. The van der Waals surface area contributed by atoms with E-state index in [4.69, 9.17) is 28.4 Å².